The molecule has 0 aliphatic carbocycles. The first-order valence-electron chi connectivity index (χ1n) is 10.7. The van der Waals surface area contributed by atoms with Crippen molar-refractivity contribution in [2.45, 2.75) is 13.8 Å². The average Bonchev–Trinajstić information content (AvgIpc) is 2.79. The normalized spacial score (nSPS) is 13.7. The summed E-state index contributed by atoms with van der Waals surface area (Å²) < 4.78 is 0. The van der Waals surface area contributed by atoms with E-state index in [1.54, 1.807) is 24.3 Å². The fourth-order valence-corrected chi connectivity index (χ4v) is 4.04. The zero-order valence-electron chi connectivity index (χ0n) is 18.3. The lowest BCUT2D eigenvalue weighted by Gasteiger charge is -2.37. The number of nitrogens with zero attached hydrogens (tertiary/aromatic N) is 2. The predicted molar refractivity (Wildman–Crippen MR) is 128 cm³/mol. The number of carbonyl (C=O) groups is 2. The van der Waals surface area contributed by atoms with E-state index < -0.39 is 5.97 Å². The molecular weight excluding hydrogens is 402 g/mol. The van der Waals surface area contributed by atoms with E-state index in [2.05, 4.69) is 46.3 Å². The molecule has 0 bridgehead atoms. The summed E-state index contributed by atoms with van der Waals surface area (Å²) in [5.74, 6) is -1.39. The van der Waals surface area contributed by atoms with Crippen LogP contribution in [0.3, 0.4) is 0 Å². The summed E-state index contributed by atoms with van der Waals surface area (Å²) in [6.45, 7) is 7.30. The first-order chi connectivity index (χ1) is 15.4. The van der Waals surface area contributed by atoms with Gasteiger partial charge >= 0.3 is 5.97 Å². The van der Waals surface area contributed by atoms with E-state index in [0.29, 0.717) is 11.3 Å². The van der Waals surface area contributed by atoms with Gasteiger partial charge in [0, 0.05) is 43.1 Å². The number of carboxylic acids is 1. The molecule has 0 radical (unpaired) electrons. The highest BCUT2D eigenvalue weighted by Crippen LogP contribution is 2.26. The molecule has 4 rings (SSSR count). The minimum absolute atomic E-state index is 0.0876. The Balaban J connectivity index is 1.48. The number of hydrogen-bond donors (Lipinski definition) is 2. The molecule has 32 heavy (non-hydrogen) atoms. The van der Waals surface area contributed by atoms with Crippen LogP contribution in [0, 0.1) is 13.8 Å². The van der Waals surface area contributed by atoms with E-state index in [0.717, 1.165) is 37.4 Å². The number of carboxylic acid groups (broad SMARTS) is 1. The summed E-state index contributed by atoms with van der Waals surface area (Å²) in [7, 11) is 0. The Morgan fingerprint density at radius 3 is 1.97 bits per heavy atom. The van der Waals surface area contributed by atoms with Crippen molar-refractivity contribution in [1.82, 2.24) is 0 Å². The summed E-state index contributed by atoms with van der Waals surface area (Å²) >= 11 is 0. The van der Waals surface area contributed by atoms with Crippen LogP contribution in [0.4, 0.5) is 17.1 Å². The van der Waals surface area contributed by atoms with Crippen LogP contribution in [0.15, 0.2) is 66.7 Å². The SMILES string of the molecule is Cc1cccc(C(=O)Nc2ccc(N3CCN(c4cccc(C)c4)CC3)cc2C(=O)O)c1. The quantitative estimate of drug-likeness (QED) is 0.621. The van der Waals surface area contributed by atoms with E-state index in [9.17, 15) is 14.7 Å². The van der Waals surface area contributed by atoms with E-state index >= 15 is 0 Å². The van der Waals surface area contributed by atoms with Gasteiger partial charge in [0.1, 0.15) is 0 Å². The maximum atomic E-state index is 12.6. The number of anilines is 3. The molecule has 6 nitrogen and oxygen atoms in total. The van der Waals surface area contributed by atoms with Crippen LogP contribution in [-0.2, 0) is 0 Å². The highest BCUT2D eigenvalue weighted by Gasteiger charge is 2.21. The second-order valence-corrected chi connectivity index (χ2v) is 8.17. The van der Waals surface area contributed by atoms with Crippen molar-refractivity contribution in [3.05, 3.63) is 89.0 Å². The molecule has 1 aliphatic rings. The monoisotopic (exact) mass is 429 g/mol. The number of carbonyl (C=O) groups excluding carboxylic acids is 1. The second kappa shape index (κ2) is 9.14. The van der Waals surface area contributed by atoms with Gasteiger partial charge < -0.3 is 20.2 Å². The smallest absolute Gasteiger partial charge is 0.337 e. The van der Waals surface area contributed by atoms with Crippen molar-refractivity contribution in [3.8, 4) is 0 Å². The topological polar surface area (TPSA) is 72.9 Å². The number of aromatic carboxylic acids is 1. The molecule has 0 unspecified atom stereocenters. The molecule has 0 atom stereocenters. The molecule has 1 saturated heterocycles. The maximum absolute atomic E-state index is 12.6. The fourth-order valence-electron chi connectivity index (χ4n) is 4.04. The van der Waals surface area contributed by atoms with Crippen molar-refractivity contribution in [2.24, 2.45) is 0 Å². The van der Waals surface area contributed by atoms with Gasteiger partial charge in [0.25, 0.3) is 5.91 Å². The van der Waals surface area contributed by atoms with Crippen molar-refractivity contribution in [3.63, 3.8) is 0 Å². The molecule has 0 spiro atoms. The zero-order chi connectivity index (χ0) is 22.7. The van der Waals surface area contributed by atoms with Crippen LogP contribution in [0.25, 0.3) is 0 Å². The lowest BCUT2D eigenvalue weighted by atomic mass is 10.1. The van der Waals surface area contributed by atoms with Crippen LogP contribution in [0.1, 0.15) is 31.8 Å². The van der Waals surface area contributed by atoms with Gasteiger partial charge in [-0.1, -0.05) is 29.8 Å². The Morgan fingerprint density at radius 1 is 0.781 bits per heavy atom. The first-order valence-corrected chi connectivity index (χ1v) is 10.7. The largest absolute Gasteiger partial charge is 0.478 e. The van der Waals surface area contributed by atoms with Crippen LogP contribution in [0.5, 0.6) is 0 Å². The van der Waals surface area contributed by atoms with Crippen molar-refractivity contribution >= 4 is 28.9 Å². The molecule has 2 N–H and O–H groups in total. The number of benzene rings is 3. The van der Waals surface area contributed by atoms with Gasteiger partial charge in [-0.3, -0.25) is 4.79 Å². The zero-order valence-corrected chi connectivity index (χ0v) is 18.3. The molecule has 1 amide bonds. The number of piperazine rings is 1. The third-order valence-corrected chi connectivity index (χ3v) is 5.77. The number of hydrogen-bond acceptors (Lipinski definition) is 4. The third-order valence-electron chi connectivity index (χ3n) is 5.77. The molecule has 6 heteroatoms. The molecule has 0 aromatic heterocycles. The highest BCUT2D eigenvalue weighted by atomic mass is 16.4. The highest BCUT2D eigenvalue weighted by molar-refractivity contribution is 6.08. The van der Waals surface area contributed by atoms with Crippen LogP contribution >= 0.6 is 0 Å². The van der Waals surface area contributed by atoms with E-state index in [1.807, 2.05) is 25.1 Å². The van der Waals surface area contributed by atoms with E-state index in [1.165, 1.54) is 11.3 Å². The molecule has 0 saturated carbocycles. The summed E-state index contributed by atoms with van der Waals surface area (Å²) in [6, 6.07) is 20.9. The number of amides is 1. The Labute approximate surface area is 188 Å². The van der Waals surface area contributed by atoms with Crippen LogP contribution in [0.2, 0.25) is 0 Å². The van der Waals surface area contributed by atoms with Crippen molar-refractivity contribution in [2.75, 3.05) is 41.3 Å². The second-order valence-electron chi connectivity index (χ2n) is 8.17. The summed E-state index contributed by atoms with van der Waals surface area (Å²) in [4.78, 5) is 29.1. The van der Waals surface area contributed by atoms with E-state index in [-0.39, 0.29) is 11.5 Å². The minimum atomic E-state index is -1.07. The maximum Gasteiger partial charge on any atom is 0.337 e. The van der Waals surface area contributed by atoms with Gasteiger partial charge in [-0.15, -0.1) is 0 Å². The lowest BCUT2D eigenvalue weighted by Crippen LogP contribution is -2.46. The minimum Gasteiger partial charge on any atom is -0.478 e. The van der Waals surface area contributed by atoms with Crippen molar-refractivity contribution < 1.29 is 14.7 Å². The summed E-state index contributed by atoms with van der Waals surface area (Å²) in [5.41, 5.74) is 5.15. The molecule has 1 heterocycles. The van der Waals surface area contributed by atoms with Gasteiger partial charge in [-0.05, 0) is 61.9 Å². The molecule has 1 fully saturated rings. The molecule has 3 aromatic rings. The van der Waals surface area contributed by atoms with Gasteiger partial charge in [-0.2, -0.15) is 0 Å². The number of aryl methyl sites for hydroxylation is 2. The summed E-state index contributed by atoms with van der Waals surface area (Å²) in [5, 5.41) is 12.5. The molecular formula is C26H27N3O3. The van der Waals surface area contributed by atoms with Gasteiger partial charge in [0.05, 0.1) is 11.3 Å². The van der Waals surface area contributed by atoms with Crippen molar-refractivity contribution in [1.29, 1.82) is 0 Å². The lowest BCUT2D eigenvalue weighted by molar-refractivity contribution is 0.0698. The Kier molecular flexibility index (Phi) is 6.12. The van der Waals surface area contributed by atoms with Gasteiger partial charge in [0.2, 0.25) is 0 Å². The third kappa shape index (κ3) is 4.75. The van der Waals surface area contributed by atoms with Gasteiger partial charge in [-0.25, -0.2) is 4.79 Å². The predicted octanol–water partition coefficient (Wildman–Crippen LogP) is 4.58. The molecule has 3 aromatic carbocycles. The molecule has 164 valence electrons. The fraction of sp³-hybridized carbons (Fsp3) is 0.231. The first kappa shape index (κ1) is 21.4. The number of nitrogens with one attached hydrogen (secondary N) is 1. The molecule has 1 aliphatic heterocycles. The van der Waals surface area contributed by atoms with Crippen LogP contribution in [-0.4, -0.2) is 43.2 Å². The van der Waals surface area contributed by atoms with Gasteiger partial charge in [0.15, 0.2) is 0 Å². The van der Waals surface area contributed by atoms with E-state index in [4.69, 9.17) is 0 Å². The Hall–Kier alpha value is -3.80. The standard InChI is InChI=1S/C26H27N3O3/c1-18-5-3-7-20(15-18)25(30)27-24-10-9-22(17-23(24)26(31)32)29-13-11-28(12-14-29)21-8-4-6-19(2)16-21/h3-10,15-17H,11-14H2,1-2H3,(H,27,30)(H,31,32). The Morgan fingerprint density at radius 2 is 1.38 bits per heavy atom. The Bertz CT molecular complexity index is 1150. The van der Waals surface area contributed by atoms with Crippen LogP contribution < -0.4 is 15.1 Å². The number of rotatable bonds is 5. The summed E-state index contributed by atoms with van der Waals surface area (Å²) in [6.07, 6.45) is 0. The average molecular weight is 430 g/mol.